The lowest BCUT2D eigenvalue weighted by Gasteiger charge is -2.31. The first-order valence-corrected chi connectivity index (χ1v) is 18.9. The van der Waals surface area contributed by atoms with Crippen molar-refractivity contribution in [2.45, 2.75) is 103 Å². The zero-order valence-electron chi connectivity index (χ0n) is 32.8. The molecule has 0 aliphatic heterocycles. The maximum atomic E-state index is 14.2. The molecule has 0 radical (unpaired) electrons. The molecule has 11 N–H and O–H groups in total. The van der Waals surface area contributed by atoms with Gasteiger partial charge in [-0.3, -0.25) is 24.0 Å². The average Bonchev–Trinajstić information content (AvgIpc) is 3.59. The molecule has 2 aromatic carbocycles. The molecule has 3 rings (SSSR count). The van der Waals surface area contributed by atoms with Gasteiger partial charge in [-0.25, -0.2) is 4.79 Å². The van der Waals surface area contributed by atoms with Gasteiger partial charge in [-0.15, -0.1) is 0 Å². The molecule has 1 heterocycles. The van der Waals surface area contributed by atoms with E-state index in [9.17, 15) is 44.1 Å². The molecule has 8 atom stereocenters. The zero-order chi connectivity index (χ0) is 41.7. The molecule has 306 valence electrons. The minimum atomic E-state index is -1.40. The predicted octanol–water partition coefficient (Wildman–Crippen LogP) is 1.24. The van der Waals surface area contributed by atoms with Crippen molar-refractivity contribution in [3.63, 3.8) is 0 Å². The summed E-state index contributed by atoms with van der Waals surface area (Å²) in [5.74, 6) is -6.12. The first kappa shape index (κ1) is 44.9. The number of fused-ring (bicyclic) bond motifs is 1. The van der Waals surface area contributed by atoms with Crippen molar-refractivity contribution >= 4 is 46.4 Å². The number of para-hydroxylation sites is 1. The average molecular weight is 780 g/mol. The molecule has 0 unspecified atom stereocenters. The van der Waals surface area contributed by atoms with Crippen molar-refractivity contribution in [2.24, 2.45) is 23.5 Å². The van der Waals surface area contributed by atoms with Crippen LogP contribution >= 0.6 is 0 Å². The molecule has 0 saturated heterocycles. The highest BCUT2D eigenvalue weighted by Gasteiger charge is 2.36. The maximum Gasteiger partial charge on any atom is 0.326 e. The number of benzene rings is 2. The number of amides is 5. The summed E-state index contributed by atoms with van der Waals surface area (Å²) in [7, 11) is 0. The topological polar surface area (TPSA) is 265 Å². The number of aliphatic hydroxyl groups excluding tert-OH is 1. The van der Waals surface area contributed by atoms with Gasteiger partial charge < -0.3 is 52.6 Å². The molecule has 0 aliphatic rings. The van der Waals surface area contributed by atoms with Crippen molar-refractivity contribution in [2.75, 3.05) is 6.61 Å². The van der Waals surface area contributed by atoms with Gasteiger partial charge >= 0.3 is 5.97 Å². The highest BCUT2D eigenvalue weighted by molar-refractivity contribution is 5.97. The van der Waals surface area contributed by atoms with Crippen LogP contribution in [0.5, 0.6) is 5.75 Å². The smallest absolute Gasteiger partial charge is 0.326 e. The Balaban J connectivity index is 1.89. The second-order valence-corrected chi connectivity index (χ2v) is 14.7. The molecule has 16 nitrogen and oxygen atoms in total. The Morgan fingerprint density at radius 1 is 0.679 bits per heavy atom. The Labute approximate surface area is 326 Å². The van der Waals surface area contributed by atoms with E-state index in [1.165, 1.54) is 12.1 Å². The molecule has 0 aliphatic carbocycles. The molecule has 0 fully saturated rings. The van der Waals surface area contributed by atoms with Crippen LogP contribution < -0.4 is 32.3 Å². The van der Waals surface area contributed by atoms with E-state index in [2.05, 4.69) is 31.6 Å². The number of nitrogens with one attached hydrogen (secondary N) is 6. The molecule has 0 saturated carbocycles. The normalized spacial score (nSPS) is 15.7. The molecule has 1 aromatic heterocycles. The van der Waals surface area contributed by atoms with Gasteiger partial charge in [0.25, 0.3) is 0 Å². The Morgan fingerprint density at radius 3 is 1.75 bits per heavy atom. The van der Waals surface area contributed by atoms with Gasteiger partial charge in [0, 0.05) is 29.9 Å². The minimum Gasteiger partial charge on any atom is -0.508 e. The third kappa shape index (κ3) is 12.3. The maximum absolute atomic E-state index is 14.2. The molecule has 16 heteroatoms. The molecule has 3 aromatic rings. The standard InChI is InChI=1S/C40H57N7O9/c1-7-22(5)33(47-39(54)34(23(6)8-2)46-36(51)31(20-48)45-37(52)32(41)21(3)4)38(53)43-29(18-25-19-42-28-12-10-9-11-27(25)28)35(50)44-30(40(55)56)17-24-13-15-26(49)16-14-24/h9-16,19,21-23,29-34,42,48-49H,7-8,17-18,20,41H2,1-6H3,(H,43,53)(H,44,50)(H,45,52)(H,46,51)(H,47,54)(H,55,56)/t22-,23-,29-,30-,31-,32-,33-,34-/m0/s1. The summed E-state index contributed by atoms with van der Waals surface area (Å²) in [5.41, 5.74) is 7.92. The number of phenolic OH excluding ortho intramolecular Hbond substituents is 1. The molecule has 56 heavy (non-hydrogen) atoms. The number of hydrogen-bond donors (Lipinski definition) is 10. The van der Waals surface area contributed by atoms with Crippen LogP contribution in [0.4, 0.5) is 0 Å². The van der Waals surface area contributed by atoms with E-state index in [4.69, 9.17) is 5.73 Å². The number of carbonyl (C=O) groups excluding carboxylic acids is 5. The summed E-state index contributed by atoms with van der Waals surface area (Å²) in [5, 5.41) is 43.5. The number of H-pyrrole nitrogens is 1. The molecule has 0 bridgehead atoms. The quantitative estimate of drug-likeness (QED) is 0.0739. The van der Waals surface area contributed by atoms with Crippen molar-refractivity contribution in [1.82, 2.24) is 31.6 Å². The Bertz CT molecular complexity index is 1810. The summed E-state index contributed by atoms with van der Waals surface area (Å²) >= 11 is 0. The lowest BCUT2D eigenvalue weighted by molar-refractivity contribution is -0.142. The van der Waals surface area contributed by atoms with E-state index < -0.39 is 90.2 Å². The summed E-state index contributed by atoms with van der Waals surface area (Å²) in [6.45, 7) is 9.80. The molecular formula is C40H57N7O9. The Kier molecular flexibility index (Phi) is 16.8. The number of aromatic hydroxyl groups is 1. The van der Waals surface area contributed by atoms with Gasteiger partial charge in [0.15, 0.2) is 0 Å². The molecule has 0 spiro atoms. The lowest BCUT2D eigenvalue weighted by Crippen LogP contribution is -2.62. The number of carbonyl (C=O) groups is 6. The Morgan fingerprint density at radius 2 is 1.20 bits per heavy atom. The second-order valence-electron chi connectivity index (χ2n) is 14.7. The van der Waals surface area contributed by atoms with Crippen LogP contribution in [0.1, 0.15) is 65.5 Å². The van der Waals surface area contributed by atoms with Gasteiger partial charge in [-0.1, -0.05) is 84.7 Å². The molecule has 5 amide bonds. The van der Waals surface area contributed by atoms with Gasteiger partial charge in [0.2, 0.25) is 29.5 Å². The van der Waals surface area contributed by atoms with E-state index in [1.54, 1.807) is 46.0 Å². The van der Waals surface area contributed by atoms with Crippen LogP contribution in [0.15, 0.2) is 54.7 Å². The van der Waals surface area contributed by atoms with E-state index >= 15 is 0 Å². The summed E-state index contributed by atoms with van der Waals surface area (Å²) in [6.07, 6.45) is 2.44. The third-order valence-corrected chi connectivity index (χ3v) is 10.1. The second kappa shape index (κ2) is 21.0. The number of carboxylic acids is 1. The van der Waals surface area contributed by atoms with Crippen molar-refractivity contribution in [3.05, 3.63) is 65.9 Å². The number of aliphatic hydroxyl groups is 1. The number of hydrogen-bond acceptors (Lipinski definition) is 9. The van der Waals surface area contributed by atoms with Crippen LogP contribution in [0.2, 0.25) is 0 Å². The van der Waals surface area contributed by atoms with Crippen molar-refractivity contribution in [3.8, 4) is 5.75 Å². The fourth-order valence-electron chi connectivity index (χ4n) is 6.00. The monoisotopic (exact) mass is 779 g/mol. The number of aromatic amines is 1. The van der Waals surface area contributed by atoms with Gasteiger partial charge in [0.1, 0.15) is 36.0 Å². The van der Waals surface area contributed by atoms with E-state index in [0.29, 0.717) is 24.0 Å². The van der Waals surface area contributed by atoms with Crippen LogP contribution in [0.3, 0.4) is 0 Å². The number of nitrogens with two attached hydrogens (primary N) is 1. The predicted molar refractivity (Wildman–Crippen MR) is 210 cm³/mol. The number of phenols is 1. The summed E-state index contributed by atoms with van der Waals surface area (Å²) < 4.78 is 0. The number of carboxylic acid groups (broad SMARTS) is 1. The number of aliphatic carboxylic acids is 1. The van der Waals surface area contributed by atoms with E-state index in [-0.39, 0.29) is 24.5 Å². The van der Waals surface area contributed by atoms with Gasteiger partial charge in [-0.05, 0) is 47.1 Å². The zero-order valence-corrected chi connectivity index (χ0v) is 32.8. The van der Waals surface area contributed by atoms with Crippen LogP contribution in [0, 0.1) is 17.8 Å². The van der Waals surface area contributed by atoms with E-state index in [1.807, 2.05) is 38.1 Å². The van der Waals surface area contributed by atoms with Gasteiger partial charge in [-0.2, -0.15) is 0 Å². The third-order valence-electron chi connectivity index (χ3n) is 10.1. The van der Waals surface area contributed by atoms with Crippen LogP contribution in [-0.4, -0.2) is 98.7 Å². The lowest BCUT2D eigenvalue weighted by atomic mass is 9.94. The van der Waals surface area contributed by atoms with E-state index in [0.717, 1.165) is 10.9 Å². The first-order valence-electron chi connectivity index (χ1n) is 18.9. The van der Waals surface area contributed by atoms with Gasteiger partial charge in [0.05, 0.1) is 12.6 Å². The van der Waals surface area contributed by atoms with Crippen LogP contribution in [0.25, 0.3) is 10.9 Å². The van der Waals surface area contributed by atoms with Crippen molar-refractivity contribution in [1.29, 1.82) is 0 Å². The highest BCUT2D eigenvalue weighted by Crippen LogP contribution is 2.20. The fourth-order valence-corrected chi connectivity index (χ4v) is 6.00. The fraction of sp³-hybridized carbons (Fsp3) is 0.500. The van der Waals surface area contributed by atoms with Crippen LogP contribution in [-0.2, 0) is 41.6 Å². The number of aromatic nitrogens is 1. The molecular weight excluding hydrogens is 722 g/mol. The minimum absolute atomic E-state index is 0.00266. The first-order chi connectivity index (χ1) is 26.5. The Hall–Kier alpha value is -5.48. The SMILES string of the molecule is CC[C@H](C)[C@H](NC(=O)[C@H](CO)NC(=O)[C@@H](N)C(C)C)C(=O)N[C@H](C(=O)N[C@@H](Cc1c[nH]c2ccccc12)C(=O)N[C@@H](Cc1ccc(O)cc1)C(=O)O)[C@@H](C)CC. The summed E-state index contributed by atoms with van der Waals surface area (Å²) in [6, 6.07) is 5.88. The summed E-state index contributed by atoms with van der Waals surface area (Å²) in [4.78, 5) is 83.4. The highest BCUT2D eigenvalue weighted by atomic mass is 16.4. The number of rotatable bonds is 21. The van der Waals surface area contributed by atoms with Crippen molar-refractivity contribution < 1.29 is 44.1 Å². The largest absolute Gasteiger partial charge is 0.508 e.